The summed E-state index contributed by atoms with van der Waals surface area (Å²) in [5, 5.41) is 9.56. The smallest absolute Gasteiger partial charge is 0.373 e. The van der Waals surface area contributed by atoms with E-state index in [1.807, 2.05) is 6.92 Å². The molecule has 100 valence electrons. The molecule has 6 heteroatoms. The van der Waals surface area contributed by atoms with Gasteiger partial charge in [0, 0.05) is 4.47 Å². The number of aromatic carboxylic acids is 1. The Morgan fingerprint density at radius 1 is 1.53 bits per heavy atom. The summed E-state index contributed by atoms with van der Waals surface area (Å²) in [5.74, 6) is -1.01. The van der Waals surface area contributed by atoms with E-state index in [4.69, 9.17) is 21.1 Å². The van der Waals surface area contributed by atoms with Crippen LogP contribution in [-0.2, 0) is 6.42 Å². The third kappa shape index (κ3) is 2.98. The molecule has 0 amide bonds. The highest BCUT2D eigenvalue weighted by Crippen LogP contribution is 2.31. The van der Waals surface area contributed by atoms with E-state index in [0.29, 0.717) is 22.7 Å². The van der Waals surface area contributed by atoms with E-state index in [2.05, 4.69) is 20.9 Å². The van der Waals surface area contributed by atoms with Crippen LogP contribution in [0.5, 0.6) is 0 Å². The summed E-state index contributed by atoms with van der Waals surface area (Å²) in [7, 11) is 0. The second-order valence-electron chi connectivity index (χ2n) is 3.97. The van der Waals surface area contributed by atoms with Gasteiger partial charge in [-0.1, -0.05) is 40.9 Å². The monoisotopic (exact) mass is 343 g/mol. The standard InChI is InChI=1S/C13H11BrClNO3/c1-2-3-10-11(13(17)18)19-12(16-10)8-6-7(14)4-5-9(8)15/h4-6H,2-3H2,1H3,(H,17,18). The molecule has 4 nitrogen and oxygen atoms in total. The molecule has 1 heterocycles. The number of aromatic nitrogens is 1. The van der Waals surface area contributed by atoms with Crippen LogP contribution in [-0.4, -0.2) is 16.1 Å². The molecule has 0 bridgehead atoms. The van der Waals surface area contributed by atoms with Gasteiger partial charge < -0.3 is 9.52 Å². The Labute approximate surface area is 123 Å². The van der Waals surface area contributed by atoms with E-state index in [9.17, 15) is 4.79 Å². The predicted octanol–water partition coefficient (Wildman–Crippen LogP) is 4.41. The van der Waals surface area contributed by atoms with Crippen molar-refractivity contribution in [3.8, 4) is 11.5 Å². The molecule has 1 N–H and O–H groups in total. The van der Waals surface area contributed by atoms with Crippen LogP contribution in [0.2, 0.25) is 5.02 Å². The lowest BCUT2D eigenvalue weighted by Gasteiger charge is -1.99. The topological polar surface area (TPSA) is 63.3 Å². The van der Waals surface area contributed by atoms with Crippen molar-refractivity contribution in [1.29, 1.82) is 0 Å². The third-order valence-electron chi connectivity index (χ3n) is 2.54. The van der Waals surface area contributed by atoms with Crippen LogP contribution in [0.15, 0.2) is 27.1 Å². The molecule has 0 fully saturated rings. The van der Waals surface area contributed by atoms with Gasteiger partial charge in [0.25, 0.3) is 0 Å². The Kier molecular flexibility index (Phi) is 4.27. The number of oxazole rings is 1. The maximum atomic E-state index is 11.1. The summed E-state index contributed by atoms with van der Waals surface area (Å²) in [6.45, 7) is 1.95. The molecular formula is C13H11BrClNO3. The van der Waals surface area contributed by atoms with Gasteiger partial charge in [-0.2, -0.15) is 0 Å². The van der Waals surface area contributed by atoms with Crippen LogP contribution in [0.3, 0.4) is 0 Å². The fourth-order valence-corrected chi connectivity index (χ4v) is 2.26. The Hall–Kier alpha value is -1.33. The van der Waals surface area contributed by atoms with Crippen LogP contribution in [0, 0.1) is 0 Å². The number of benzene rings is 1. The first kappa shape index (κ1) is 14.1. The first-order chi connectivity index (χ1) is 9.02. The minimum absolute atomic E-state index is 0.118. The lowest BCUT2D eigenvalue weighted by atomic mass is 10.2. The zero-order valence-electron chi connectivity index (χ0n) is 10.1. The SMILES string of the molecule is CCCc1nc(-c2cc(Br)ccc2Cl)oc1C(=O)O. The van der Waals surface area contributed by atoms with Crippen LogP contribution < -0.4 is 0 Å². The number of carbonyl (C=O) groups is 1. The van der Waals surface area contributed by atoms with Crippen molar-refractivity contribution in [2.24, 2.45) is 0 Å². The molecule has 0 spiro atoms. The van der Waals surface area contributed by atoms with Crippen molar-refractivity contribution in [1.82, 2.24) is 4.98 Å². The first-order valence-corrected chi connectivity index (χ1v) is 6.88. The minimum atomic E-state index is -1.12. The van der Waals surface area contributed by atoms with Crippen LogP contribution in [0.25, 0.3) is 11.5 Å². The number of nitrogens with zero attached hydrogens (tertiary/aromatic N) is 1. The zero-order valence-corrected chi connectivity index (χ0v) is 12.5. The largest absolute Gasteiger partial charge is 0.475 e. The summed E-state index contributed by atoms with van der Waals surface area (Å²) < 4.78 is 6.15. The quantitative estimate of drug-likeness (QED) is 0.892. The maximum absolute atomic E-state index is 11.1. The molecule has 0 radical (unpaired) electrons. The van der Waals surface area contributed by atoms with Gasteiger partial charge in [0.1, 0.15) is 0 Å². The molecule has 2 rings (SSSR count). The molecule has 0 atom stereocenters. The molecule has 0 aliphatic heterocycles. The van der Waals surface area contributed by atoms with Gasteiger partial charge in [0.15, 0.2) is 0 Å². The number of halogens is 2. The van der Waals surface area contributed by atoms with E-state index in [1.54, 1.807) is 18.2 Å². The van der Waals surface area contributed by atoms with Crippen molar-refractivity contribution in [3.63, 3.8) is 0 Å². The first-order valence-electron chi connectivity index (χ1n) is 5.71. The van der Waals surface area contributed by atoms with Gasteiger partial charge in [0.05, 0.1) is 16.3 Å². The van der Waals surface area contributed by atoms with Crippen molar-refractivity contribution in [2.45, 2.75) is 19.8 Å². The number of carboxylic acid groups (broad SMARTS) is 1. The Morgan fingerprint density at radius 3 is 2.89 bits per heavy atom. The van der Waals surface area contributed by atoms with E-state index in [-0.39, 0.29) is 11.7 Å². The summed E-state index contributed by atoms with van der Waals surface area (Å²) in [6.07, 6.45) is 1.34. The number of rotatable bonds is 4. The lowest BCUT2D eigenvalue weighted by molar-refractivity contribution is 0.0661. The lowest BCUT2D eigenvalue weighted by Crippen LogP contribution is -1.99. The van der Waals surface area contributed by atoms with E-state index in [1.165, 1.54) is 0 Å². The summed E-state index contributed by atoms with van der Waals surface area (Å²) in [4.78, 5) is 15.4. The summed E-state index contributed by atoms with van der Waals surface area (Å²) >= 11 is 9.41. The average molecular weight is 345 g/mol. The zero-order chi connectivity index (χ0) is 14.0. The molecule has 1 aromatic carbocycles. The predicted molar refractivity (Wildman–Crippen MR) is 75.6 cm³/mol. The van der Waals surface area contributed by atoms with Crippen molar-refractivity contribution >= 4 is 33.5 Å². The molecule has 0 aliphatic carbocycles. The molecule has 0 saturated heterocycles. The van der Waals surface area contributed by atoms with Gasteiger partial charge in [-0.05, 0) is 24.6 Å². The van der Waals surface area contributed by atoms with E-state index >= 15 is 0 Å². The summed E-state index contributed by atoms with van der Waals surface area (Å²) in [6, 6.07) is 5.24. The minimum Gasteiger partial charge on any atom is -0.475 e. The average Bonchev–Trinajstić information content (AvgIpc) is 2.77. The van der Waals surface area contributed by atoms with Crippen LogP contribution >= 0.6 is 27.5 Å². The van der Waals surface area contributed by atoms with Gasteiger partial charge in [-0.15, -0.1) is 0 Å². The van der Waals surface area contributed by atoms with Crippen molar-refractivity contribution in [3.05, 3.63) is 39.1 Å². The Bertz CT molecular complexity index is 624. The van der Waals surface area contributed by atoms with Crippen LogP contribution in [0.4, 0.5) is 0 Å². The molecule has 0 aliphatic rings. The van der Waals surface area contributed by atoms with Crippen molar-refractivity contribution in [2.75, 3.05) is 0 Å². The normalized spacial score (nSPS) is 10.7. The fourth-order valence-electron chi connectivity index (χ4n) is 1.70. The third-order valence-corrected chi connectivity index (χ3v) is 3.36. The summed E-state index contributed by atoms with van der Waals surface area (Å²) in [5.41, 5.74) is 1.02. The van der Waals surface area contributed by atoms with E-state index < -0.39 is 5.97 Å². The maximum Gasteiger partial charge on any atom is 0.373 e. The highest BCUT2D eigenvalue weighted by molar-refractivity contribution is 9.10. The van der Waals surface area contributed by atoms with Gasteiger partial charge in [0.2, 0.25) is 11.7 Å². The highest BCUT2D eigenvalue weighted by Gasteiger charge is 2.21. The molecule has 1 aromatic heterocycles. The van der Waals surface area contributed by atoms with Gasteiger partial charge in [-0.25, -0.2) is 9.78 Å². The molecule has 2 aromatic rings. The number of aryl methyl sites for hydroxylation is 1. The second kappa shape index (κ2) is 5.75. The molecule has 0 saturated carbocycles. The number of hydrogen-bond acceptors (Lipinski definition) is 3. The van der Waals surface area contributed by atoms with Gasteiger partial charge in [-0.3, -0.25) is 0 Å². The molecule has 0 unspecified atom stereocenters. The van der Waals surface area contributed by atoms with Crippen molar-refractivity contribution < 1.29 is 14.3 Å². The molecular weight excluding hydrogens is 334 g/mol. The fraction of sp³-hybridized carbons (Fsp3) is 0.231. The van der Waals surface area contributed by atoms with E-state index in [0.717, 1.165) is 10.9 Å². The molecule has 19 heavy (non-hydrogen) atoms. The highest BCUT2D eigenvalue weighted by atomic mass is 79.9. The number of hydrogen-bond donors (Lipinski definition) is 1. The Balaban J connectivity index is 2.53. The van der Waals surface area contributed by atoms with Gasteiger partial charge >= 0.3 is 5.97 Å². The van der Waals surface area contributed by atoms with Crippen LogP contribution in [0.1, 0.15) is 29.6 Å². The Morgan fingerprint density at radius 2 is 2.26 bits per heavy atom. The second-order valence-corrected chi connectivity index (χ2v) is 5.30. The number of carboxylic acids is 1.